The lowest BCUT2D eigenvalue weighted by Crippen LogP contribution is -2.00. The molecule has 1 aromatic heterocycles. The molecule has 20 heavy (non-hydrogen) atoms. The van der Waals surface area contributed by atoms with Gasteiger partial charge in [0.05, 0.1) is 14.2 Å². The first-order valence-corrected chi connectivity index (χ1v) is 6.73. The Balaban J connectivity index is 2.58. The molecule has 0 spiro atoms. The molecule has 0 aliphatic carbocycles. The molecule has 1 aromatic carbocycles. The Labute approximate surface area is 123 Å². The first-order valence-electron chi connectivity index (χ1n) is 6.35. The molecule has 0 aliphatic heterocycles. The van der Waals surface area contributed by atoms with Crippen LogP contribution in [0.4, 0.5) is 0 Å². The number of methoxy groups -OCH3 is 2. The van der Waals surface area contributed by atoms with Gasteiger partial charge in [-0.25, -0.2) is 9.97 Å². The molecule has 0 atom stereocenters. The summed E-state index contributed by atoms with van der Waals surface area (Å²) in [7, 11) is 3.22. The molecular weight excluding hydrogens is 276 g/mol. The van der Waals surface area contributed by atoms with E-state index in [1.807, 2.05) is 26.0 Å². The maximum absolute atomic E-state index is 6.18. The van der Waals surface area contributed by atoms with Gasteiger partial charge in [-0.2, -0.15) is 0 Å². The van der Waals surface area contributed by atoms with Crippen LogP contribution < -0.4 is 9.47 Å². The predicted molar refractivity (Wildman–Crippen MR) is 79.7 cm³/mol. The van der Waals surface area contributed by atoms with Crippen molar-refractivity contribution in [3.05, 3.63) is 34.6 Å². The van der Waals surface area contributed by atoms with Gasteiger partial charge in [-0.1, -0.05) is 18.5 Å². The summed E-state index contributed by atoms with van der Waals surface area (Å²) in [5.74, 6) is 1.96. The van der Waals surface area contributed by atoms with Crippen LogP contribution in [0.1, 0.15) is 18.2 Å². The van der Waals surface area contributed by atoms with E-state index in [1.165, 1.54) is 0 Å². The number of aryl methyl sites for hydroxylation is 1. The second-order valence-corrected chi connectivity index (χ2v) is 4.72. The van der Waals surface area contributed by atoms with Crippen molar-refractivity contribution in [2.45, 2.75) is 20.3 Å². The number of hydrogen-bond donors (Lipinski definition) is 0. The van der Waals surface area contributed by atoms with Crippen molar-refractivity contribution in [1.29, 1.82) is 0 Å². The molecule has 106 valence electrons. The van der Waals surface area contributed by atoms with Gasteiger partial charge in [0, 0.05) is 22.9 Å². The summed E-state index contributed by atoms with van der Waals surface area (Å²) < 4.78 is 10.5. The van der Waals surface area contributed by atoms with Gasteiger partial charge in [0.2, 0.25) is 0 Å². The second-order valence-electron chi connectivity index (χ2n) is 4.36. The fourth-order valence-electron chi connectivity index (χ4n) is 1.94. The lowest BCUT2D eigenvalue weighted by molar-refractivity contribution is 0.394. The van der Waals surface area contributed by atoms with Crippen LogP contribution in [-0.2, 0) is 6.42 Å². The average molecular weight is 293 g/mol. The number of hydrogen-bond acceptors (Lipinski definition) is 4. The van der Waals surface area contributed by atoms with Crippen molar-refractivity contribution >= 4 is 11.6 Å². The first-order chi connectivity index (χ1) is 9.58. The van der Waals surface area contributed by atoms with E-state index >= 15 is 0 Å². The summed E-state index contributed by atoms with van der Waals surface area (Å²) in [6, 6.07) is 5.53. The molecule has 0 amide bonds. The summed E-state index contributed by atoms with van der Waals surface area (Å²) in [5.41, 5.74) is 2.69. The van der Waals surface area contributed by atoms with Crippen LogP contribution in [0.15, 0.2) is 18.2 Å². The maximum Gasteiger partial charge on any atom is 0.161 e. The number of ether oxygens (including phenoxy) is 2. The Hall–Kier alpha value is -1.81. The summed E-state index contributed by atoms with van der Waals surface area (Å²) in [5, 5.41) is 0.480. The molecule has 0 unspecified atom stereocenters. The van der Waals surface area contributed by atoms with Crippen molar-refractivity contribution in [3.63, 3.8) is 0 Å². The van der Waals surface area contributed by atoms with E-state index in [2.05, 4.69) is 9.97 Å². The average Bonchev–Trinajstić information content (AvgIpc) is 2.49. The molecule has 0 bridgehead atoms. The van der Waals surface area contributed by atoms with E-state index < -0.39 is 0 Å². The molecule has 2 aromatic rings. The molecule has 5 heteroatoms. The van der Waals surface area contributed by atoms with Gasteiger partial charge in [-0.15, -0.1) is 0 Å². The zero-order chi connectivity index (χ0) is 14.7. The molecule has 0 saturated carbocycles. The minimum absolute atomic E-state index is 0.480. The van der Waals surface area contributed by atoms with Crippen LogP contribution in [-0.4, -0.2) is 24.2 Å². The fourth-order valence-corrected chi connectivity index (χ4v) is 2.13. The highest BCUT2D eigenvalue weighted by atomic mass is 35.5. The van der Waals surface area contributed by atoms with E-state index in [0.29, 0.717) is 22.5 Å². The van der Waals surface area contributed by atoms with E-state index in [9.17, 15) is 0 Å². The van der Waals surface area contributed by atoms with Crippen LogP contribution >= 0.6 is 11.6 Å². The Morgan fingerprint density at radius 3 is 2.15 bits per heavy atom. The van der Waals surface area contributed by atoms with Gasteiger partial charge < -0.3 is 9.47 Å². The molecule has 0 saturated heterocycles. The fraction of sp³-hybridized carbons (Fsp3) is 0.333. The second kappa shape index (κ2) is 6.09. The number of benzene rings is 1. The normalized spacial score (nSPS) is 10.4. The van der Waals surface area contributed by atoms with E-state index in [1.54, 1.807) is 20.3 Å². The minimum atomic E-state index is 0.480. The first kappa shape index (κ1) is 14.6. The third-order valence-electron chi connectivity index (χ3n) is 3.13. The van der Waals surface area contributed by atoms with Crippen molar-refractivity contribution in [2.24, 2.45) is 0 Å². The quantitative estimate of drug-likeness (QED) is 0.806. The number of halogens is 1. The molecular formula is C15H17ClN2O2. The number of rotatable bonds is 4. The molecule has 4 nitrogen and oxygen atoms in total. The van der Waals surface area contributed by atoms with Gasteiger partial charge in [0.25, 0.3) is 0 Å². The zero-order valence-electron chi connectivity index (χ0n) is 12.0. The number of nitrogens with zero attached hydrogens (tertiary/aromatic N) is 2. The number of aromatic nitrogens is 2. The van der Waals surface area contributed by atoms with E-state index in [4.69, 9.17) is 21.1 Å². The van der Waals surface area contributed by atoms with Gasteiger partial charge in [-0.3, -0.25) is 0 Å². The Kier molecular flexibility index (Phi) is 4.45. The monoisotopic (exact) mass is 292 g/mol. The van der Waals surface area contributed by atoms with Crippen molar-refractivity contribution < 1.29 is 9.47 Å². The topological polar surface area (TPSA) is 44.2 Å². The smallest absolute Gasteiger partial charge is 0.161 e. The Morgan fingerprint density at radius 1 is 1.05 bits per heavy atom. The van der Waals surface area contributed by atoms with E-state index in [-0.39, 0.29) is 0 Å². The van der Waals surface area contributed by atoms with Gasteiger partial charge >= 0.3 is 0 Å². The maximum atomic E-state index is 6.18. The Morgan fingerprint density at radius 2 is 1.65 bits per heavy atom. The summed E-state index contributed by atoms with van der Waals surface area (Å²) >= 11 is 6.18. The summed E-state index contributed by atoms with van der Waals surface area (Å²) in [4.78, 5) is 8.91. The summed E-state index contributed by atoms with van der Waals surface area (Å²) in [6.45, 7) is 3.97. The summed E-state index contributed by atoms with van der Waals surface area (Å²) in [6.07, 6.45) is 0.808. The highest BCUT2D eigenvalue weighted by molar-refractivity contribution is 6.30. The van der Waals surface area contributed by atoms with Crippen LogP contribution in [0.2, 0.25) is 5.15 Å². The Bertz CT molecular complexity index is 607. The molecule has 0 N–H and O–H groups in total. The molecule has 0 fully saturated rings. The van der Waals surface area contributed by atoms with Gasteiger partial charge in [-0.05, 0) is 25.5 Å². The van der Waals surface area contributed by atoms with Crippen LogP contribution in [0.3, 0.4) is 0 Å². The van der Waals surface area contributed by atoms with Crippen molar-refractivity contribution in [2.75, 3.05) is 14.2 Å². The van der Waals surface area contributed by atoms with Crippen molar-refractivity contribution in [1.82, 2.24) is 9.97 Å². The standard InChI is InChI=1S/C15H17ClN2O2/c1-5-13-9(2)14(16)18-15(17-13)10-6-11(19-3)8-12(7-10)20-4/h6-8H,5H2,1-4H3. The van der Waals surface area contributed by atoms with E-state index in [0.717, 1.165) is 23.2 Å². The third-order valence-corrected chi connectivity index (χ3v) is 3.50. The zero-order valence-corrected chi connectivity index (χ0v) is 12.8. The van der Waals surface area contributed by atoms with Crippen LogP contribution in [0.5, 0.6) is 11.5 Å². The molecule has 0 radical (unpaired) electrons. The lowest BCUT2D eigenvalue weighted by atomic mass is 10.1. The van der Waals surface area contributed by atoms with Crippen LogP contribution in [0, 0.1) is 6.92 Å². The highest BCUT2D eigenvalue weighted by Crippen LogP contribution is 2.29. The third kappa shape index (κ3) is 2.85. The van der Waals surface area contributed by atoms with Gasteiger partial charge in [0.1, 0.15) is 16.7 Å². The highest BCUT2D eigenvalue weighted by Gasteiger charge is 2.12. The SMILES string of the molecule is CCc1nc(-c2cc(OC)cc(OC)c2)nc(Cl)c1C. The lowest BCUT2D eigenvalue weighted by Gasteiger charge is -2.10. The largest absolute Gasteiger partial charge is 0.497 e. The van der Waals surface area contributed by atoms with Crippen LogP contribution in [0.25, 0.3) is 11.4 Å². The predicted octanol–water partition coefficient (Wildman–Crippen LogP) is 3.69. The van der Waals surface area contributed by atoms with Gasteiger partial charge in [0.15, 0.2) is 5.82 Å². The molecule has 2 rings (SSSR count). The molecule has 0 aliphatic rings. The van der Waals surface area contributed by atoms with Crippen molar-refractivity contribution in [3.8, 4) is 22.9 Å². The molecule has 1 heterocycles. The minimum Gasteiger partial charge on any atom is -0.497 e.